The van der Waals surface area contributed by atoms with E-state index in [9.17, 15) is 9.59 Å². The quantitative estimate of drug-likeness (QED) is 0.176. The van der Waals surface area contributed by atoms with Gasteiger partial charge in [0.25, 0.3) is 0 Å². The van der Waals surface area contributed by atoms with Gasteiger partial charge in [0.2, 0.25) is 23.6 Å². The molecule has 0 spiro atoms. The molecule has 13 nitrogen and oxygen atoms in total. The van der Waals surface area contributed by atoms with Crippen LogP contribution in [0, 0.1) is 18.8 Å². The molecule has 0 saturated carbocycles. The number of rotatable bonds is 8. The summed E-state index contributed by atoms with van der Waals surface area (Å²) in [6.45, 7) is 13.6. The Bertz CT molecular complexity index is 2420. The van der Waals surface area contributed by atoms with Gasteiger partial charge < -0.3 is 25.0 Å². The summed E-state index contributed by atoms with van der Waals surface area (Å²) in [5.41, 5.74) is 7.38. The van der Waals surface area contributed by atoms with Crippen molar-refractivity contribution in [1.29, 1.82) is 0 Å². The van der Waals surface area contributed by atoms with E-state index in [1.807, 2.05) is 66.3 Å². The van der Waals surface area contributed by atoms with E-state index >= 15 is 0 Å². The number of aromatic nitrogens is 6. The normalized spacial score (nSPS) is 19.0. The van der Waals surface area contributed by atoms with Gasteiger partial charge in [0.1, 0.15) is 12.2 Å². The van der Waals surface area contributed by atoms with Crippen LogP contribution in [0.5, 0.6) is 11.8 Å². The summed E-state index contributed by atoms with van der Waals surface area (Å²) in [5, 5.41) is 16.7. The van der Waals surface area contributed by atoms with E-state index in [-0.39, 0.29) is 35.9 Å². The molecule has 2 fully saturated rings. The molecule has 3 aliphatic heterocycles. The van der Waals surface area contributed by atoms with Crippen molar-refractivity contribution in [2.24, 2.45) is 25.9 Å². The maximum atomic E-state index is 11.6. The highest BCUT2D eigenvalue weighted by Gasteiger charge is 2.30. The number of nitrogens with one attached hydrogen (secondary N) is 2. The molecule has 14 heteroatoms. The van der Waals surface area contributed by atoms with Gasteiger partial charge in [0.05, 0.1) is 38.1 Å². The molecule has 306 valence electrons. The van der Waals surface area contributed by atoms with Gasteiger partial charge in [-0.2, -0.15) is 10.2 Å². The Morgan fingerprint density at radius 1 is 0.724 bits per heavy atom. The van der Waals surface area contributed by atoms with Crippen LogP contribution in [-0.4, -0.2) is 91.7 Å². The van der Waals surface area contributed by atoms with Crippen LogP contribution in [0.4, 0.5) is 0 Å². The fraction of sp³-hybridized carbons (Fsp3) is 0.455. The lowest BCUT2D eigenvalue weighted by molar-refractivity contribution is -0.120. The largest absolute Gasteiger partial charge is 0.474 e. The van der Waals surface area contributed by atoms with Crippen molar-refractivity contribution in [2.45, 2.75) is 72.5 Å². The zero-order valence-corrected chi connectivity index (χ0v) is 35.7. The van der Waals surface area contributed by atoms with Gasteiger partial charge in [-0.1, -0.05) is 26.0 Å². The molecule has 1 aromatic carbocycles. The van der Waals surface area contributed by atoms with Crippen LogP contribution < -0.4 is 20.1 Å². The second-order valence-electron chi connectivity index (χ2n) is 15.5. The lowest BCUT2D eigenvalue weighted by Crippen LogP contribution is -2.26. The van der Waals surface area contributed by atoms with Crippen molar-refractivity contribution in [1.82, 2.24) is 45.1 Å². The number of pyridine rings is 2. The lowest BCUT2D eigenvalue weighted by atomic mass is 9.98. The first-order chi connectivity index (χ1) is 27.9. The van der Waals surface area contributed by atoms with Crippen LogP contribution in [0.2, 0.25) is 0 Å². The Hall–Kier alpha value is -5.34. The lowest BCUT2D eigenvalue weighted by Gasteiger charge is -2.19. The van der Waals surface area contributed by atoms with Crippen molar-refractivity contribution >= 4 is 45.0 Å². The van der Waals surface area contributed by atoms with Crippen LogP contribution in [0.1, 0.15) is 56.5 Å². The summed E-state index contributed by atoms with van der Waals surface area (Å²) in [5.74, 6) is 1.65. The van der Waals surface area contributed by atoms with E-state index in [4.69, 9.17) is 19.4 Å². The van der Waals surface area contributed by atoms with Crippen molar-refractivity contribution in [3.05, 3.63) is 70.9 Å². The summed E-state index contributed by atoms with van der Waals surface area (Å²) in [7, 11) is 5.98. The molecule has 4 atom stereocenters. The maximum Gasteiger partial charge on any atom is 0.225 e. The highest BCUT2D eigenvalue weighted by molar-refractivity contribution is 7.15. The number of likely N-dealkylation sites (N-methyl/N-ethyl adjacent to an activating group) is 1. The van der Waals surface area contributed by atoms with Crippen LogP contribution >= 0.6 is 11.3 Å². The minimum Gasteiger partial charge on any atom is -0.474 e. The Labute approximate surface area is 344 Å². The average molecular weight is 806 g/mol. The van der Waals surface area contributed by atoms with Crippen LogP contribution in [0.25, 0.3) is 43.6 Å². The summed E-state index contributed by atoms with van der Waals surface area (Å²) >= 11 is 1.70. The van der Waals surface area contributed by atoms with E-state index in [0.717, 1.165) is 69.6 Å². The monoisotopic (exact) mass is 805 g/mol. The van der Waals surface area contributed by atoms with Crippen molar-refractivity contribution < 1.29 is 19.1 Å². The summed E-state index contributed by atoms with van der Waals surface area (Å²) in [6.07, 6.45) is 6.78. The SMILES string of the molecule is CC.C[C@@H](Oc1nc(-c2ccc3c(c2)CCN(C)CC3)cc2nn(C)cc12)[C@H]1CNC(=O)C1.Cc1ccc(-c2cc3nn(C)cc3c(O[C@H](C)[C@H]3CNC(=O)C3)n2)s1. The number of carbonyl (C=O) groups excluding carboxylic acids is 2. The fourth-order valence-electron chi connectivity index (χ4n) is 7.70. The molecule has 0 unspecified atom stereocenters. The van der Waals surface area contributed by atoms with E-state index in [1.54, 1.807) is 20.7 Å². The third-order valence-electron chi connectivity index (χ3n) is 11.1. The highest BCUT2D eigenvalue weighted by atomic mass is 32.1. The van der Waals surface area contributed by atoms with Gasteiger partial charge >= 0.3 is 0 Å². The third-order valence-corrected chi connectivity index (χ3v) is 12.2. The molecule has 2 saturated heterocycles. The van der Waals surface area contributed by atoms with Crippen LogP contribution in [0.3, 0.4) is 0 Å². The third kappa shape index (κ3) is 9.18. The number of carbonyl (C=O) groups is 2. The first-order valence-corrected chi connectivity index (χ1v) is 21.2. The minimum atomic E-state index is -0.118. The van der Waals surface area contributed by atoms with Gasteiger partial charge in [0, 0.05) is 87.8 Å². The van der Waals surface area contributed by atoms with Crippen molar-refractivity contribution in [3.63, 3.8) is 0 Å². The Balaban J connectivity index is 0.000000173. The number of fused-ring (bicyclic) bond motifs is 3. The Morgan fingerprint density at radius 2 is 1.26 bits per heavy atom. The van der Waals surface area contributed by atoms with E-state index < -0.39 is 0 Å². The van der Waals surface area contributed by atoms with Gasteiger partial charge in [-0.05, 0) is 82.1 Å². The molecule has 0 bridgehead atoms. The number of nitrogens with zero attached hydrogens (tertiary/aromatic N) is 7. The molecule has 5 aromatic heterocycles. The fourth-order valence-corrected chi connectivity index (χ4v) is 8.53. The minimum absolute atomic E-state index is 0.0859. The number of hydrogen-bond acceptors (Lipinski definition) is 10. The highest BCUT2D eigenvalue weighted by Crippen LogP contribution is 2.34. The number of thiophene rings is 1. The average Bonchev–Trinajstić information content (AvgIpc) is 4.05. The van der Waals surface area contributed by atoms with E-state index in [1.165, 1.54) is 16.0 Å². The van der Waals surface area contributed by atoms with E-state index in [0.29, 0.717) is 37.7 Å². The van der Waals surface area contributed by atoms with Gasteiger partial charge in [-0.15, -0.1) is 11.3 Å². The van der Waals surface area contributed by atoms with Crippen molar-refractivity contribution in [2.75, 3.05) is 33.2 Å². The van der Waals surface area contributed by atoms with Gasteiger partial charge in [-0.3, -0.25) is 19.0 Å². The predicted molar refractivity (Wildman–Crippen MR) is 229 cm³/mol. The Kier molecular flexibility index (Phi) is 12.4. The number of aryl methyl sites for hydroxylation is 3. The molecule has 6 aromatic rings. The zero-order chi connectivity index (χ0) is 41.1. The molecule has 58 heavy (non-hydrogen) atoms. The molecule has 0 radical (unpaired) electrons. The molecule has 9 rings (SSSR count). The molecular weight excluding hydrogens is 751 g/mol. The smallest absolute Gasteiger partial charge is 0.225 e. The van der Waals surface area contributed by atoms with Crippen molar-refractivity contribution in [3.8, 4) is 33.6 Å². The Morgan fingerprint density at radius 3 is 1.78 bits per heavy atom. The van der Waals surface area contributed by atoms with Gasteiger partial charge in [0.15, 0.2) is 0 Å². The molecule has 0 aliphatic carbocycles. The first kappa shape index (κ1) is 40.8. The first-order valence-electron chi connectivity index (χ1n) is 20.4. The second kappa shape index (κ2) is 17.7. The standard InChI is InChI=1S/C24H29N5O2.C18H20N4O2S.C2H6/c1-15(19-11-23(30)25-13-19)31-24-20-14-29(3)27-22(20)12-21(26-24)18-5-4-16-6-8-28(2)9-7-17(16)10-18;1-10-4-5-16(25-10)15-7-14-13(9-22(3)21-14)18(20-15)24-11(2)12-6-17(23)19-8-12;1-2/h4-5,10,12,14-15,19H,6-9,11,13H2,1-3H3,(H,25,30);4-5,7,9,11-12H,6,8H2,1-3H3,(H,19,23);1-2H3/t15-,19-;11-,12-;/m11./s1. The van der Waals surface area contributed by atoms with Crippen LogP contribution in [0.15, 0.2) is 54.9 Å². The molecule has 8 heterocycles. The summed E-state index contributed by atoms with van der Waals surface area (Å²) < 4.78 is 16.1. The summed E-state index contributed by atoms with van der Waals surface area (Å²) in [6, 6.07) is 14.9. The predicted octanol–water partition coefficient (Wildman–Crippen LogP) is 6.50. The maximum absolute atomic E-state index is 11.6. The van der Waals surface area contributed by atoms with Crippen LogP contribution in [-0.2, 0) is 36.5 Å². The second-order valence-corrected chi connectivity index (χ2v) is 16.8. The molecular formula is C44H55N9O4S. The number of benzene rings is 1. The molecule has 2 amide bonds. The zero-order valence-electron chi connectivity index (χ0n) is 34.8. The topological polar surface area (TPSA) is 141 Å². The number of ether oxygens (including phenoxy) is 2. The molecule has 3 aliphatic rings. The molecule has 2 N–H and O–H groups in total. The van der Waals surface area contributed by atoms with E-state index in [2.05, 4.69) is 70.0 Å². The number of amides is 2. The summed E-state index contributed by atoms with van der Waals surface area (Å²) in [4.78, 5) is 37.5. The van der Waals surface area contributed by atoms with Gasteiger partial charge in [-0.25, -0.2) is 9.97 Å². The number of hydrogen-bond donors (Lipinski definition) is 2.